The standard InChI is InChI=1S/C8H16N2O/c1-6-4-7(8(11)9-2)10(3)5-6/h6-7H,4-5H2,1-3H3,(H,9,11). The molecule has 2 atom stereocenters. The van der Waals surface area contributed by atoms with Crippen LogP contribution in [-0.2, 0) is 4.79 Å². The van der Waals surface area contributed by atoms with Gasteiger partial charge in [-0.25, -0.2) is 0 Å². The lowest BCUT2D eigenvalue weighted by Crippen LogP contribution is -2.39. The Balaban J connectivity index is 2.52. The van der Waals surface area contributed by atoms with Crippen molar-refractivity contribution in [2.24, 2.45) is 5.92 Å². The molecule has 1 fully saturated rings. The highest BCUT2D eigenvalue weighted by molar-refractivity contribution is 5.81. The summed E-state index contributed by atoms with van der Waals surface area (Å²) in [6, 6.07) is 0.106. The van der Waals surface area contributed by atoms with Crippen LogP contribution in [-0.4, -0.2) is 37.5 Å². The lowest BCUT2D eigenvalue weighted by Gasteiger charge is -2.16. The second-order valence-corrected chi connectivity index (χ2v) is 3.41. The number of nitrogens with one attached hydrogen (secondary N) is 1. The molecule has 1 aliphatic rings. The van der Waals surface area contributed by atoms with Crippen LogP contribution in [0.15, 0.2) is 0 Å². The summed E-state index contributed by atoms with van der Waals surface area (Å²) in [4.78, 5) is 13.3. The number of nitrogens with zero attached hydrogens (tertiary/aromatic N) is 1. The van der Waals surface area contributed by atoms with Crippen LogP contribution in [0, 0.1) is 5.92 Å². The van der Waals surface area contributed by atoms with Gasteiger partial charge in [0, 0.05) is 13.6 Å². The van der Waals surface area contributed by atoms with Crippen molar-refractivity contribution in [1.29, 1.82) is 0 Å². The first kappa shape index (κ1) is 8.53. The van der Waals surface area contributed by atoms with Gasteiger partial charge in [-0.15, -0.1) is 0 Å². The zero-order chi connectivity index (χ0) is 8.43. The topological polar surface area (TPSA) is 32.3 Å². The summed E-state index contributed by atoms with van der Waals surface area (Å²) in [5.41, 5.74) is 0. The van der Waals surface area contributed by atoms with Crippen molar-refractivity contribution < 1.29 is 4.79 Å². The molecule has 0 radical (unpaired) electrons. The van der Waals surface area contributed by atoms with Gasteiger partial charge in [-0.05, 0) is 19.4 Å². The fourth-order valence-corrected chi connectivity index (χ4v) is 1.73. The van der Waals surface area contributed by atoms with E-state index in [1.165, 1.54) is 0 Å². The van der Waals surface area contributed by atoms with Gasteiger partial charge in [0.25, 0.3) is 0 Å². The molecule has 0 bridgehead atoms. The highest BCUT2D eigenvalue weighted by atomic mass is 16.2. The maximum Gasteiger partial charge on any atom is 0.237 e. The molecule has 0 aromatic heterocycles. The molecular formula is C8H16N2O. The number of carbonyl (C=O) groups excluding carboxylic acids is 1. The Bertz CT molecular complexity index is 158. The van der Waals surface area contributed by atoms with Gasteiger partial charge in [0.05, 0.1) is 6.04 Å². The second kappa shape index (κ2) is 3.22. The van der Waals surface area contributed by atoms with E-state index in [9.17, 15) is 4.79 Å². The van der Waals surface area contributed by atoms with Gasteiger partial charge in [0.2, 0.25) is 5.91 Å². The quantitative estimate of drug-likeness (QED) is 0.583. The maximum absolute atomic E-state index is 11.2. The molecule has 1 saturated heterocycles. The van der Waals surface area contributed by atoms with Crippen molar-refractivity contribution in [3.05, 3.63) is 0 Å². The SMILES string of the molecule is CNC(=O)C1CC(C)CN1C. The van der Waals surface area contributed by atoms with Gasteiger partial charge in [-0.1, -0.05) is 6.92 Å². The average molecular weight is 156 g/mol. The molecule has 0 aliphatic carbocycles. The van der Waals surface area contributed by atoms with Crippen molar-refractivity contribution in [2.75, 3.05) is 20.6 Å². The van der Waals surface area contributed by atoms with Gasteiger partial charge in [0.15, 0.2) is 0 Å². The Hall–Kier alpha value is -0.570. The fourth-order valence-electron chi connectivity index (χ4n) is 1.73. The number of likely N-dealkylation sites (N-methyl/N-ethyl adjacent to an activating group) is 2. The van der Waals surface area contributed by atoms with Crippen LogP contribution < -0.4 is 5.32 Å². The third-order valence-corrected chi connectivity index (χ3v) is 2.31. The largest absolute Gasteiger partial charge is 0.358 e. The maximum atomic E-state index is 11.2. The molecule has 1 amide bonds. The predicted molar refractivity (Wildman–Crippen MR) is 44.3 cm³/mol. The summed E-state index contributed by atoms with van der Waals surface area (Å²) < 4.78 is 0. The first-order valence-corrected chi connectivity index (χ1v) is 4.07. The van der Waals surface area contributed by atoms with E-state index in [0.717, 1.165) is 13.0 Å². The Morgan fingerprint density at radius 3 is 2.64 bits per heavy atom. The molecule has 1 aliphatic heterocycles. The van der Waals surface area contributed by atoms with E-state index in [1.54, 1.807) is 7.05 Å². The molecule has 64 valence electrons. The summed E-state index contributed by atoms with van der Waals surface area (Å²) >= 11 is 0. The average Bonchev–Trinajstić information content (AvgIpc) is 2.28. The summed E-state index contributed by atoms with van der Waals surface area (Å²) in [6.07, 6.45) is 0.996. The molecule has 1 N–H and O–H groups in total. The fraction of sp³-hybridized carbons (Fsp3) is 0.875. The normalized spacial score (nSPS) is 32.3. The van der Waals surface area contributed by atoms with Crippen LogP contribution in [0.3, 0.4) is 0 Å². The monoisotopic (exact) mass is 156 g/mol. The third-order valence-electron chi connectivity index (χ3n) is 2.31. The lowest BCUT2D eigenvalue weighted by molar-refractivity contribution is -0.124. The van der Waals surface area contributed by atoms with Crippen LogP contribution in [0.5, 0.6) is 0 Å². The van der Waals surface area contributed by atoms with E-state index in [1.807, 2.05) is 7.05 Å². The predicted octanol–water partition coefficient (Wildman–Crippen LogP) is 0.0726. The van der Waals surface area contributed by atoms with Crippen molar-refractivity contribution >= 4 is 5.91 Å². The van der Waals surface area contributed by atoms with Crippen molar-refractivity contribution in [2.45, 2.75) is 19.4 Å². The van der Waals surface area contributed by atoms with Crippen LogP contribution in [0.1, 0.15) is 13.3 Å². The number of amides is 1. The minimum Gasteiger partial charge on any atom is -0.358 e. The van der Waals surface area contributed by atoms with Gasteiger partial charge < -0.3 is 5.32 Å². The summed E-state index contributed by atoms with van der Waals surface area (Å²) in [5.74, 6) is 0.805. The Morgan fingerprint density at radius 2 is 2.27 bits per heavy atom. The second-order valence-electron chi connectivity index (χ2n) is 3.41. The van der Waals surface area contributed by atoms with Crippen LogP contribution >= 0.6 is 0 Å². The Labute approximate surface area is 67.8 Å². The molecule has 3 heteroatoms. The highest BCUT2D eigenvalue weighted by Crippen LogP contribution is 2.20. The zero-order valence-electron chi connectivity index (χ0n) is 7.42. The lowest BCUT2D eigenvalue weighted by atomic mass is 10.1. The van der Waals surface area contributed by atoms with E-state index in [4.69, 9.17) is 0 Å². The Morgan fingerprint density at radius 1 is 1.64 bits per heavy atom. The number of hydrogen-bond donors (Lipinski definition) is 1. The first-order chi connectivity index (χ1) is 5.15. The third kappa shape index (κ3) is 1.71. The first-order valence-electron chi connectivity index (χ1n) is 4.07. The summed E-state index contributed by atoms with van der Waals surface area (Å²) in [6.45, 7) is 3.22. The van der Waals surface area contributed by atoms with Gasteiger partial charge in [-0.3, -0.25) is 9.69 Å². The van der Waals surface area contributed by atoms with Crippen molar-refractivity contribution in [3.8, 4) is 0 Å². The molecule has 0 aromatic rings. The van der Waals surface area contributed by atoms with E-state index < -0.39 is 0 Å². The molecule has 11 heavy (non-hydrogen) atoms. The van der Waals surface area contributed by atoms with Crippen LogP contribution in [0.25, 0.3) is 0 Å². The Kier molecular flexibility index (Phi) is 2.49. The molecule has 0 saturated carbocycles. The summed E-state index contributed by atoms with van der Waals surface area (Å²) in [5, 5.41) is 2.68. The number of carbonyl (C=O) groups is 1. The summed E-state index contributed by atoms with van der Waals surface area (Å²) in [7, 11) is 3.70. The molecule has 1 rings (SSSR count). The molecule has 2 unspecified atom stereocenters. The van der Waals surface area contributed by atoms with E-state index in [0.29, 0.717) is 5.92 Å². The van der Waals surface area contributed by atoms with Gasteiger partial charge >= 0.3 is 0 Å². The van der Waals surface area contributed by atoms with Crippen molar-refractivity contribution in [1.82, 2.24) is 10.2 Å². The zero-order valence-corrected chi connectivity index (χ0v) is 7.42. The minimum atomic E-state index is 0.106. The smallest absolute Gasteiger partial charge is 0.237 e. The van der Waals surface area contributed by atoms with Crippen LogP contribution in [0.4, 0.5) is 0 Å². The van der Waals surface area contributed by atoms with E-state index in [-0.39, 0.29) is 11.9 Å². The number of hydrogen-bond acceptors (Lipinski definition) is 2. The van der Waals surface area contributed by atoms with E-state index >= 15 is 0 Å². The van der Waals surface area contributed by atoms with Crippen molar-refractivity contribution in [3.63, 3.8) is 0 Å². The minimum absolute atomic E-state index is 0.106. The molecular weight excluding hydrogens is 140 g/mol. The number of rotatable bonds is 1. The molecule has 0 spiro atoms. The molecule has 1 heterocycles. The van der Waals surface area contributed by atoms with E-state index in [2.05, 4.69) is 17.1 Å². The number of likely N-dealkylation sites (tertiary alicyclic amines) is 1. The highest BCUT2D eigenvalue weighted by Gasteiger charge is 2.31. The van der Waals surface area contributed by atoms with Crippen LogP contribution in [0.2, 0.25) is 0 Å². The van der Waals surface area contributed by atoms with Gasteiger partial charge in [-0.2, -0.15) is 0 Å². The molecule has 0 aromatic carbocycles. The molecule has 3 nitrogen and oxygen atoms in total. The van der Waals surface area contributed by atoms with Gasteiger partial charge in [0.1, 0.15) is 0 Å².